The highest BCUT2D eigenvalue weighted by Gasteiger charge is 2.28. The van der Waals surface area contributed by atoms with E-state index in [1.165, 1.54) is 0 Å². The van der Waals surface area contributed by atoms with Gasteiger partial charge in [0, 0.05) is 12.8 Å². The van der Waals surface area contributed by atoms with Crippen LogP contribution in [0.5, 0.6) is 0 Å². The van der Waals surface area contributed by atoms with Crippen molar-refractivity contribution < 1.29 is 47.5 Å². The van der Waals surface area contributed by atoms with Crippen LogP contribution in [-0.2, 0) is 37.5 Å². The fourth-order valence-corrected chi connectivity index (χ4v) is 5.78. The molecule has 0 saturated carbocycles. The zero-order valence-electron chi connectivity index (χ0n) is 37.4. The van der Waals surface area contributed by atoms with Crippen molar-refractivity contribution in [1.29, 1.82) is 0 Å². The Balaban J connectivity index is 4.57. The summed E-state index contributed by atoms with van der Waals surface area (Å²) in [6.07, 6.45) is 59.6. The first-order valence-corrected chi connectivity index (χ1v) is 23.7. The van der Waals surface area contributed by atoms with Gasteiger partial charge >= 0.3 is 25.7 Å². The van der Waals surface area contributed by atoms with E-state index in [9.17, 15) is 23.8 Å². The Hall–Kier alpha value is -4.38. The van der Waals surface area contributed by atoms with Gasteiger partial charge in [0.2, 0.25) is 0 Å². The van der Waals surface area contributed by atoms with Crippen LogP contribution >= 0.6 is 7.82 Å². The van der Waals surface area contributed by atoms with Crippen molar-refractivity contribution in [2.45, 2.75) is 142 Å². The van der Waals surface area contributed by atoms with Crippen molar-refractivity contribution in [2.24, 2.45) is 5.73 Å². The molecule has 0 bridgehead atoms. The zero-order valence-corrected chi connectivity index (χ0v) is 38.3. The highest BCUT2D eigenvalue weighted by molar-refractivity contribution is 7.47. The molecule has 346 valence electrons. The van der Waals surface area contributed by atoms with Gasteiger partial charge in [-0.2, -0.15) is 0 Å². The van der Waals surface area contributed by atoms with Gasteiger partial charge in [-0.05, 0) is 96.3 Å². The van der Waals surface area contributed by atoms with Gasteiger partial charge in [-0.15, -0.1) is 0 Å². The number of nitrogens with two attached hydrogens (primary N) is 1. The van der Waals surface area contributed by atoms with E-state index >= 15 is 0 Å². The van der Waals surface area contributed by atoms with Crippen molar-refractivity contribution in [3.63, 3.8) is 0 Å². The number of hydrogen-bond donors (Lipinski definition) is 3. The predicted molar refractivity (Wildman–Crippen MR) is 253 cm³/mol. The van der Waals surface area contributed by atoms with Gasteiger partial charge in [-0.3, -0.25) is 23.4 Å². The van der Waals surface area contributed by atoms with E-state index in [4.69, 9.17) is 24.8 Å². The molecule has 0 aromatic heterocycles. The number of allylic oxidation sites excluding steroid dienone is 22. The summed E-state index contributed by atoms with van der Waals surface area (Å²) in [5.74, 6) is -2.55. The number of phosphoric acid groups is 1. The fraction of sp³-hybridized carbons (Fsp3) is 0.500. The Kier molecular flexibility index (Phi) is 40.2. The Labute approximate surface area is 372 Å². The summed E-state index contributed by atoms with van der Waals surface area (Å²) in [5, 5.41) is 8.90. The van der Waals surface area contributed by atoms with Crippen LogP contribution in [0.2, 0.25) is 0 Å². The Morgan fingerprint density at radius 3 is 1.31 bits per heavy atom. The minimum absolute atomic E-state index is 0.0191. The first kappa shape index (κ1) is 57.6. The van der Waals surface area contributed by atoms with E-state index in [2.05, 4.69) is 134 Å². The van der Waals surface area contributed by atoms with E-state index in [1.54, 1.807) is 0 Å². The number of esters is 2. The molecule has 4 N–H and O–H groups in total. The minimum atomic E-state index is -4.76. The van der Waals surface area contributed by atoms with Crippen LogP contribution < -0.4 is 5.73 Å². The average molecular weight is 882 g/mol. The molecule has 0 spiro atoms. The molecule has 0 saturated heterocycles. The summed E-state index contributed by atoms with van der Waals surface area (Å²) in [6.45, 7) is 2.44. The van der Waals surface area contributed by atoms with Gasteiger partial charge in [0.1, 0.15) is 12.6 Å². The molecule has 0 aliphatic heterocycles. The first-order chi connectivity index (χ1) is 30.1. The average Bonchev–Trinajstić information content (AvgIpc) is 3.25. The lowest BCUT2D eigenvalue weighted by atomic mass is 10.1. The van der Waals surface area contributed by atoms with Gasteiger partial charge in [0.15, 0.2) is 6.10 Å². The molecule has 3 atom stereocenters. The van der Waals surface area contributed by atoms with Crippen LogP contribution in [-0.4, -0.2) is 59.9 Å². The maximum atomic E-state index is 12.6. The summed E-state index contributed by atoms with van der Waals surface area (Å²) >= 11 is 0. The summed E-state index contributed by atoms with van der Waals surface area (Å²) in [5.41, 5.74) is 5.33. The second-order valence-electron chi connectivity index (χ2n) is 14.1. The van der Waals surface area contributed by atoms with Crippen LogP contribution in [0, 0.1) is 0 Å². The maximum absolute atomic E-state index is 12.6. The van der Waals surface area contributed by atoms with Gasteiger partial charge in [0.25, 0.3) is 0 Å². The molecule has 0 aliphatic carbocycles. The number of rotatable bonds is 39. The molecule has 0 heterocycles. The standard InChI is InChI=1S/C50H76NO10P/c1-3-5-7-9-11-13-15-17-19-21-23-25-27-29-31-33-35-37-39-41-48(52)58-43-46(44-59-62(56,57)60-45-47(51)50(54)55)61-49(53)42-40-38-36-34-32-30-28-26-24-22-20-18-16-14-12-10-8-6-4-2/h5-8,11-14,17-20,23-26,29-32,36,38,46-47H,3-4,9-10,15-16,21-22,27-28,33-35,37,39-45,51H2,1-2H3,(H,54,55)(H,56,57)/b7-5-,8-6-,13-11-,14-12-,19-17-,20-18-,25-23-,26-24-,31-29-,32-30-,38-36-/t46-,47+/m1/s1. The van der Waals surface area contributed by atoms with Crippen molar-refractivity contribution >= 4 is 25.7 Å². The number of carboxylic acid groups (broad SMARTS) is 1. The van der Waals surface area contributed by atoms with E-state index < -0.39 is 57.7 Å². The second-order valence-corrected chi connectivity index (χ2v) is 15.5. The third kappa shape index (κ3) is 42.3. The van der Waals surface area contributed by atoms with Gasteiger partial charge in [0.05, 0.1) is 13.2 Å². The molecule has 0 aromatic rings. The van der Waals surface area contributed by atoms with Crippen molar-refractivity contribution in [2.75, 3.05) is 19.8 Å². The van der Waals surface area contributed by atoms with Crippen LogP contribution in [0.15, 0.2) is 134 Å². The summed E-state index contributed by atoms with van der Waals surface area (Å²) in [4.78, 5) is 46.0. The number of hydrogen-bond acceptors (Lipinski definition) is 9. The summed E-state index contributed by atoms with van der Waals surface area (Å²) in [6, 6.07) is -1.55. The normalized spacial score (nSPS) is 14.9. The SMILES string of the molecule is CC/C=C\C/C=C\C/C=C\C/C=C\C/C=C\C/C=C\CCC(=O)O[C@H](COC(=O)CCCCC/C=C\C/C=C\C/C=C\C/C=C\C/C=C\CC)COP(=O)(O)OC[C@H](N)C(=O)O. The van der Waals surface area contributed by atoms with Gasteiger partial charge < -0.3 is 25.2 Å². The van der Waals surface area contributed by atoms with Crippen molar-refractivity contribution in [3.8, 4) is 0 Å². The molecule has 1 unspecified atom stereocenters. The van der Waals surface area contributed by atoms with Crippen LogP contribution in [0.25, 0.3) is 0 Å². The topological polar surface area (TPSA) is 172 Å². The summed E-state index contributed by atoms with van der Waals surface area (Å²) in [7, 11) is -4.76. The second kappa shape index (κ2) is 43.3. The van der Waals surface area contributed by atoms with Crippen molar-refractivity contribution in [1.82, 2.24) is 0 Å². The fourth-order valence-electron chi connectivity index (χ4n) is 5.00. The predicted octanol–water partition coefficient (Wildman–Crippen LogP) is 12.2. The number of aliphatic carboxylic acids is 1. The van der Waals surface area contributed by atoms with E-state index in [1.807, 2.05) is 18.2 Å². The van der Waals surface area contributed by atoms with E-state index in [0.717, 1.165) is 83.5 Å². The lowest BCUT2D eigenvalue weighted by Crippen LogP contribution is -2.34. The number of unbranched alkanes of at least 4 members (excludes halogenated alkanes) is 3. The Morgan fingerprint density at radius 1 is 0.500 bits per heavy atom. The molecule has 0 aliphatic rings. The van der Waals surface area contributed by atoms with E-state index in [-0.39, 0.29) is 12.8 Å². The monoisotopic (exact) mass is 882 g/mol. The van der Waals surface area contributed by atoms with Gasteiger partial charge in [-0.25, -0.2) is 4.57 Å². The Bertz CT molecular complexity index is 1550. The van der Waals surface area contributed by atoms with Crippen LogP contribution in [0.4, 0.5) is 0 Å². The summed E-state index contributed by atoms with van der Waals surface area (Å²) < 4.78 is 32.6. The van der Waals surface area contributed by atoms with Crippen molar-refractivity contribution in [3.05, 3.63) is 134 Å². The number of carboxylic acids is 1. The van der Waals surface area contributed by atoms with E-state index in [0.29, 0.717) is 19.3 Å². The number of carbonyl (C=O) groups excluding carboxylic acids is 2. The quantitative estimate of drug-likeness (QED) is 0.0232. The molecule has 0 rings (SSSR count). The number of carbonyl (C=O) groups is 3. The first-order valence-electron chi connectivity index (χ1n) is 22.2. The molecular weight excluding hydrogens is 806 g/mol. The molecule has 12 heteroatoms. The number of ether oxygens (including phenoxy) is 2. The third-order valence-electron chi connectivity index (χ3n) is 8.41. The Morgan fingerprint density at radius 2 is 0.887 bits per heavy atom. The highest BCUT2D eigenvalue weighted by Crippen LogP contribution is 2.43. The van der Waals surface area contributed by atoms with Gasteiger partial charge in [-0.1, -0.05) is 154 Å². The third-order valence-corrected chi connectivity index (χ3v) is 9.36. The number of phosphoric ester groups is 1. The lowest BCUT2D eigenvalue weighted by Gasteiger charge is -2.20. The molecule has 11 nitrogen and oxygen atoms in total. The molecule has 0 radical (unpaired) electrons. The highest BCUT2D eigenvalue weighted by atomic mass is 31.2. The minimum Gasteiger partial charge on any atom is -0.480 e. The molecule has 0 aromatic carbocycles. The smallest absolute Gasteiger partial charge is 0.472 e. The van der Waals surface area contributed by atoms with Crippen LogP contribution in [0.1, 0.15) is 129 Å². The maximum Gasteiger partial charge on any atom is 0.472 e. The van der Waals surface area contributed by atoms with Crippen LogP contribution in [0.3, 0.4) is 0 Å². The molecule has 0 amide bonds. The largest absolute Gasteiger partial charge is 0.480 e. The molecule has 0 fully saturated rings. The lowest BCUT2D eigenvalue weighted by molar-refractivity contribution is -0.161. The molecule has 62 heavy (non-hydrogen) atoms. The molecular formula is C50H76NO10P. The zero-order chi connectivity index (χ0) is 45.6.